The third-order valence-corrected chi connectivity index (χ3v) is 9.16. The van der Waals surface area contributed by atoms with Gasteiger partial charge in [-0.15, -0.1) is 0 Å². The molecule has 3 heterocycles. The lowest BCUT2D eigenvalue weighted by Gasteiger charge is -2.29. The zero-order valence-corrected chi connectivity index (χ0v) is 21.5. The number of aryl methyl sites for hydroxylation is 2. The van der Waals surface area contributed by atoms with Gasteiger partial charge in [-0.25, -0.2) is 15.0 Å². The highest BCUT2D eigenvalue weighted by molar-refractivity contribution is 9.10. The first kappa shape index (κ1) is 22.7. The van der Waals surface area contributed by atoms with Gasteiger partial charge in [0.05, 0.1) is 0 Å². The number of nitrogens with two attached hydrogens (primary N) is 1. The maximum Gasteiger partial charge on any atom is 0.209 e. The summed E-state index contributed by atoms with van der Waals surface area (Å²) in [5.74, 6) is 0.997. The minimum atomic E-state index is 0.192. The summed E-state index contributed by atoms with van der Waals surface area (Å²) < 4.78 is 3.29. The molecule has 5 rings (SSSR count). The van der Waals surface area contributed by atoms with Crippen LogP contribution in [0.3, 0.4) is 0 Å². The van der Waals surface area contributed by atoms with Crippen molar-refractivity contribution in [2.24, 2.45) is 5.92 Å². The van der Waals surface area contributed by atoms with Crippen LogP contribution in [-0.4, -0.2) is 43.9 Å². The monoisotopic (exact) mass is 528 g/mol. The normalized spacial score (nSPS) is 18.1. The Balaban J connectivity index is 1.45. The lowest BCUT2D eigenvalue weighted by atomic mass is 9.87. The lowest BCUT2D eigenvalue weighted by molar-refractivity contribution is -0.119. The molecule has 0 atom stereocenters. The Hall–Kier alpha value is -2.13. The SMILES string of the molecule is CC1(C)CCc2cc(Br)c(Sc3nc4c(N)ncnc4n3CCC3CCN(C=O)CC3)cc21. The molecular weight excluding hydrogens is 500 g/mol. The minimum absolute atomic E-state index is 0.192. The highest BCUT2D eigenvalue weighted by atomic mass is 79.9. The topological polar surface area (TPSA) is 89.9 Å². The first-order valence-electron chi connectivity index (χ1n) is 11.5. The smallest absolute Gasteiger partial charge is 0.209 e. The van der Waals surface area contributed by atoms with Crippen molar-refractivity contribution in [2.45, 2.75) is 68.0 Å². The molecule has 0 bridgehead atoms. The molecule has 1 aliphatic carbocycles. The van der Waals surface area contributed by atoms with Gasteiger partial charge in [0.2, 0.25) is 6.41 Å². The quantitative estimate of drug-likeness (QED) is 0.462. The van der Waals surface area contributed by atoms with Gasteiger partial charge in [0.15, 0.2) is 22.1 Å². The standard InChI is InChI=1S/C24H29BrN6OS/c1-24(2)7-3-16-11-18(25)19(12-17(16)24)33-23-29-20-21(26)27-13-28-22(20)31(23)10-6-15-4-8-30(14-32)9-5-15/h11-15H,3-10H2,1-2H3,(H2,26,27,28). The molecule has 2 N–H and O–H groups in total. The molecule has 1 aliphatic heterocycles. The average Bonchev–Trinajstić information content (AvgIpc) is 3.30. The second-order valence-electron chi connectivity index (χ2n) is 9.78. The average molecular weight is 530 g/mol. The second kappa shape index (κ2) is 8.91. The van der Waals surface area contributed by atoms with Gasteiger partial charge in [0.25, 0.3) is 0 Å². The third-order valence-electron chi connectivity index (χ3n) is 7.19. The molecule has 0 saturated carbocycles. The number of anilines is 1. The fraction of sp³-hybridized carbons (Fsp3) is 0.500. The number of fused-ring (bicyclic) bond motifs is 2. The van der Waals surface area contributed by atoms with Crippen LogP contribution in [-0.2, 0) is 23.2 Å². The van der Waals surface area contributed by atoms with E-state index in [4.69, 9.17) is 10.7 Å². The maximum atomic E-state index is 11.0. The molecule has 9 heteroatoms. The van der Waals surface area contributed by atoms with Gasteiger partial charge in [-0.1, -0.05) is 25.6 Å². The summed E-state index contributed by atoms with van der Waals surface area (Å²) in [6, 6.07) is 4.60. The number of nitrogens with zero attached hydrogens (tertiary/aromatic N) is 5. The van der Waals surface area contributed by atoms with E-state index in [0.29, 0.717) is 17.3 Å². The largest absolute Gasteiger partial charge is 0.382 e. The van der Waals surface area contributed by atoms with Crippen molar-refractivity contribution in [3.63, 3.8) is 0 Å². The van der Waals surface area contributed by atoms with Gasteiger partial charge in [0.1, 0.15) is 6.33 Å². The first-order valence-corrected chi connectivity index (χ1v) is 13.1. The molecule has 2 aliphatic rings. The van der Waals surface area contributed by atoms with E-state index in [2.05, 4.69) is 56.4 Å². The fourth-order valence-electron chi connectivity index (χ4n) is 5.06. The number of carbonyl (C=O) groups excluding carboxylic acids is 1. The van der Waals surface area contributed by atoms with E-state index in [-0.39, 0.29) is 5.41 Å². The molecular formula is C24H29BrN6OS. The third kappa shape index (κ3) is 4.37. The minimum Gasteiger partial charge on any atom is -0.382 e. The maximum absolute atomic E-state index is 11.0. The van der Waals surface area contributed by atoms with Crippen molar-refractivity contribution in [3.05, 3.63) is 34.1 Å². The molecule has 33 heavy (non-hydrogen) atoms. The Bertz CT molecular complexity index is 1200. The van der Waals surface area contributed by atoms with E-state index < -0.39 is 0 Å². The number of piperidine rings is 1. The van der Waals surface area contributed by atoms with E-state index in [0.717, 1.165) is 71.9 Å². The van der Waals surface area contributed by atoms with Crippen molar-refractivity contribution in [2.75, 3.05) is 18.8 Å². The van der Waals surface area contributed by atoms with Crippen LogP contribution in [0.2, 0.25) is 0 Å². The Morgan fingerprint density at radius 3 is 2.82 bits per heavy atom. The van der Waals surface area contributed by atoms with E-state index >= 15 is 0 Å². The number of carbonyl (C=O) groups is 1. The molecule has 2 aromatic heterocycles. The van der Waals surface area contributed by atoms with Crippen molar-refractivity contribution in [1.82, 2.24) is 24.4 Å². The Morgan fingerprint density at radius 2 is 2.06 bits per heavy atom. The summed E-state index contributed by atoms with van der Waals surface area (Å²) in [7, 11) is 0. The highest BCUT2D eigenvalue weighted by Gasteiger charge is 2.31. The van der Waals surface area contributed by atoms with Crippen LogP contribution in [0, 0.1) is 5.92 Å². The Morgan fingerprint density at radius 1 is 1.27 bits per heavy atom. The van der Waals surface area contributed by atoms with E-state index in [9.17, 15) is 4.79 Å². The number of hydrogen-bond acceptors (Lipinski definition) is 6. The molecule has 1 fully saturated rings. The van der Waals surface area contributed by atoms with Crippen LogP contribution in [0.5, 0.6) is 0 Å². The number of halogens is 1. The van der Waals surface area contributed by atoms with Crippen LogP contribution in [0.15, 0.2) is 33.0 Å². The number of nitrogen functional groups attached to an aromatic ring is 1. The molecule has 0 radical (unpaired) electrons. The van der Waals surface area contributed by atoms with Crippen LogP contribution >= 0.6 is 27.7 Å². The number of benzene rings is 1. The zero-order valence-electron chi connectivity index (χ0n) is 19.1. The van der Waals surface area contributed by atoms with Crippen molar-refractivity contribution in [1.29, 1.82) is 0 Å². The predicted octanol–water partition coefficient (Wildman–Crippen LogP) is 4.80. The molecule has 1 amide bonds. The van der Waals surface area contributed by atoms with Crippen LogP contribution < -0.4 is 5.73 Å². The van der Waals surface area contributed by atoms with Crippen LogP contribution in [0.25, 0.3) is 11.2 Å². The summed E-state index contributed by atoms with van der Waals surface area (Å²) in [5.41, 5.74) is 10.7. The number of aromatic nitrogens is 4. The van der Waals surface area contributed by atoms with Gasteiger partial charge < -0.3 is 15.2 Å². The van der Waals surface area contributed by atoms with E-state index in [1.807, 2.05) is 4.90 Å². The number of hydrogen-bond donors (Lipinski definition) is 1. The van der Waals surface area contributed by atoms with Crippen molar-refractivity contribution < 1.29 is 4.79 Å². The lowest BCUT2D eigenvalue weighted by Crippen LogP contribution is -2.32. The Kier molecular flexibility index (Phi) is 6.11. The van der Waals surface area contributed by atoms with Crippen LogP contribution in [0.4, 0.5) is 5.82 Å². The van der Waals surface area contributed by atoms with Gasteiger partial charge >= 0.3 is 0 Å². The fourth-order valence-corrected chi connectivity index (χ4v) is 6.65. The summed E-state index contributed by atoms with van der Waals surface area (Å²) in [6.45, 7) is 7.14. The van der Waals surface area contributed by atoms with Crippen molar-refractivity contribution in [3.8, 4) is 0 Å². The first-order chi connectivity index (χ1) is 15.9. The highest BCUT2D eigenvalue weighted by Crippen LogP contribution is 2.44. The summed E-state index contributed by atoms with van der Waals surface area (Å²) in [6.07, 6.45) is 7.88. The van der Waals surface area contributed by atoms with Gasteiger partial charge in [-0.05, 0) is 82.6 Å². The molecule has 174 valence electrons. The van der Waals surface area contributed by atoms with E-state index in [1.54, 1.807) is 11.8 Å². The zero-order chi connectivity index (χ0) is 23.2. The molecule has 7 nitrogen and oxygen atoms in total. The van der Waals surface area contributed by atoms with Gasteiger partial charge in [-0.2, -0.15) is 0 Å². The van der Waals surface area contributed by atoms with Gasteiger partial charge in [0, 0.05) is 29.0 Å². The number of amides is 1. The molecule has 0 spiro atoms. The number of imidazole rings is 1. The second-order valence-corrected chi connectivity index (χ2v) is 11.6. The number of likely N-dealkylation sites (tertiary alicyclic amines) is 1. The molecule has 1 saturated heterocycles. The Labute approximate surface area is 206 Å². The van der Waals surface area contributed by atoms with Gasteiger partial charge in [-0.3, -0.25) is 4.79 Å². The molecule has 3 aromatic rings. The van der Waals surface area contributed by atoms with Crippen LogP contribution in [0.1, 0.15) is 50.7 Å². The molecule has 1 aromatic carbocycles. The van der Waals surface area contributed by atoms with E-state index in [1.165, 1.54) is 23.9 Å². The number of rotatable bonds is 6. The summed E-state index contributed by atoms with van der Waals surface area (Å²) in [5, 5.41) is 0.888. The summed E-state index contributed by atoms with van der Waals surface area (Å²) in [4.78, 5) is 27.6. The van der Waals surface area contributed by atoms with Crippen molar-refractivity contribution >= 4 is 51.1 Å². The summed E-state index contributed by atoms with van der Waals surface area (Å²) >= 11 is 5.46. The molecule has 0 unspecified atom stereocenters. The predicted molar refractivity (Wildman–Crippen MR) is 134 cm³/mol.